The molecule has 1 aliphatic heterocycles. The van der Waals surface area contributed by atoms with E-state index in [9.17, 15) is 4.79 Å². The number of hydrogen-bond donors (Lipinski definition) is 1. The molecule has 1 fully saturated rings. The van der Waals surface area contributed by atoms with Gasteiger partial charge in [-0.25, -0.2) is 0 Å². The molecule has 5 heteroatoms. The molecule has 0 aliphatic carbocycles. The van der Waals surface area contributed by atoms with E-state index < -0.39 is 0 Å². The third-order valence-electron chi connectivity index (χ3n) is 4.85. The van der Waals surface area contributed by atoms with Gasteiger partial charge in [-0.05, 0) is 37.0 Å². The SMILES string of the molecule is COc1ccccc1/C=C(/C(=O)NCCCOCC1CCCO1)c1ccccc1. The number of hydrogen-bond acceptors (Lipinski definition) is 4. The highest BCUT2D eigenvalue weighted by molar-refractivity contribution is 6.24. The first-order valence-corrected chi connectivity index (χ1v) is 10.2. The van der Waals surface area contributed by atoms with Crippen LogP contribution in [0.3, 0.4) is 0 Å². The normalized spacial score (nSPS) is 16.6. The summed E-state index contributed by atoms with van der Waals surface area (Å²) in [6.45, 7) is 2.64. The van der Waals surface area contributed by atoms with Crippen LogP contribution < -0.4 is 10.1 Å². The maximum atomic E-state index is 12.9. The average molecular weight is 395 g/mol. The van der Waals surface area contributed by atoms with E-state index in [-0.39, 0.29) is 12.0 Å². The summed E-state index contributed by atoms with van der Waals surface area (Å²) >= 11 is 0. The van der Waals surface area contributed by atoms with Gasteiger partial charge in [0.15, 0.2) is 0 Å². The summed E-state index contributed by atoms with van der Waals surface area (Å²) in [5.74, 6) is 0.623. The highest BCUT2D eigenvalue weighted by Crippen LogP contribution is 2.24. The molecular weight excluding hydrogens is 366 g/mol. The second kappa shape index (κ2) is 11.4. The van der Waals surface area contributed by atoms with Gasteiger partial charge < -0.3 is 19.5 Å². The van der Waals surface area contributed by atoms with Crippen molar-refractivity contribution in [3.8, 4) is 5.75 Å². The van der Waals surface area contributed by atoms with Crippen LogP contribution in [0.5, 0.6) is 5.75 Å². The highest BCUT2D eigenvalue weighted by Gasteiger charge is 2.15. The second-order valence-electron chi connectivity index (χ2n) is 6.99. The zero-order chi connectivity index (χ0) is 20.3. The van der Waals surface area contributed by atoms with E-state index in [0.29, 0.717) is 25.3 Å². The average Bonchev–Trinajstić information content (AvgIpc) is 3.28. The van der Waals surface area contributed by atoms with Crippen molar-refractivity contribution in [3.05, 3.63) is 65.7 Å². The number of rotatable bonds is 10. The maximum absolute atomic E-state index is 12.9. The summed E-state index contributed by atoms with van der Waals surface area (Å²) < 4.78 is 16.6. The molecule has 2 aromatic rings. The molecule has 1 aliphatic rings. The Balaban J connectivity index is 1.59. The van der Waals surface area contributed by atoms with Crippen molar-refractivity contribution in [2.45, 2.75) is 25.4 Å². The molecule has 1 atom stereocenters. The minimum absolute atomic E-state index is 0.110. The molecule has 0 spiro atoms. The van der Waals surface area contributed by atoms with Crippen LogP contribution in [0.15, 0.2) is 54.6 Å². The van der Waals surface area contributed by atoms with E-state index >= 15 is 0 Å². The lowest BCUT2D eigenvalue weighted by atomic mass is 10.0. The summed E-state index contributed by atoms with van der Waals surface area (Å²) in [5.41, 5.74) is 2.34. The van der Waals surface area contributed by atoms with Gasteiger partial charge in [-0.15, -0.1) is 0 Å². The quantitative estimate of drug-likeness (QED) is 0.376. The molecule has 1 unspecified atom stereocenters. The molecule has 1 amide bonds. The van der Waals surface area contributed by atoms with E-state index in [4.69, 9.17) is 14.2 Å². The fourth-order valence-corrected chi connectivity index (χ4v) is 3.30. The smallest absolute Gasteiger partial charge is 0.251 e. The fraction of sp³-hybridized carbons (Fsp3) is 0.375. The molecular formula is C24H29NO4. The number of ether oxygens (including phenoxy) is 3. The Kier molecular flexibility index (Phi) is 8.28. The van der Waals surface area contributed by atoms with Crippen molar-refractivity contribution >= 4 is 17.6 Å². The molecule has 1 saturated heterocycles. The number of carbonyl (C=O) groups is 1. The summed E-state index contributed by atoms with van der Waals surface area (Å²) in [5, 5.41) is 3.01. The van der Waals surface area contributed by atoms with Crippen LogP contribution in [0.25, 0.3) is 11.6 Å². The maximum Gasteiger partial charge on any atom is 0.251 e. The van der Waals surface area contributed by atoms with Crippen molar-refractivity contribution in [3.63, 3.8) is 0 Å². The minimum Gasteiger partial charge on any atom is -0.496 e. The van der Waals surface area contributed by atoms with Gasteiger partial charge >= 0.3 is 0 Å². The van der Waals surface area contributed by atoms with Crippen molar-refractivity contribution in [1.82, 2.24) is 5.32 Å². The molecule has 2 aromatic carbocycles. The number of carbonyl (C=O) groups excluding carboxylic acids is 1. The summed E-state index contributed by atoms with van der Waals surface area (Å²) in [6.07, 6.45) is 5.06. The van der Waals surface area contributed by atoms with Crippen LogP contribution in [-0.2, 0) is 14.3 Å². The predicted octanol–water partition coefficient (Wildman–Crippen LogP) is 3.94. The molecule has 29 heavy (non-hydrogen) atoms. The van der Waals surface area contributed by atoms with Crippen LogP contribution in [0.1, 0.15) is 30.4 Å². The lowest BCUT2D eigenvalue weighted by molar-refractivity contribution is -0.115. The van der Waals surface area contributed by atoms with Gasteiger partial charge in [0.1, 0.15) is 5.75 Å². The van der Waals surface area contributed by atoms with E-state index in [2.05, 4.69) is 5.32 Å². The molecule has 154 valence electrons. The van der Waals surface area contributed by atoms with Gasteiger partial charge in [0.05, 0.1) is 19.8 Å². The van der Waals surface area contributed by atoms with E-state index in [1.807, 2.05) is 60.7 Å². The van der Waals surface area contributed by atoms with Gasteiger partial charge in [-0.3, -0.25) is 4.79 Å². The van der Waals surface area contributed by atoms with E-state index in [1.54, 1.807) is 7.11 Å². The number of benzene rings is 2. The first-order valence-electron chi connectivity index (χ1n) is 10.2. The summed E-state index contributed by atoms with van der Waals surface area (Å²) in [4.78, 5) is 12.9. The van der Waals surface area contributed by atoms with E-state index in [0.717, 1.165) is 42.7 Å². The van der Waals surface area contributed by atoms with Gasteiger partial charge in [-0.1, -0.05) is 48.5 Å². The Morgan fingerprint density at radius 1 is 1.17 bits per heavy atom. The number of para-hydroxylation sites is 1. The van der Waals surface area contributed by atoms with Crippen molar-refractivity contribution < 1.29 is 19.0 Å². The Morgan fingerprint density at radius 3 is 2.72 bits per heavy atom. The highest BCUT2D eigenvalue weighted by atomic mass is 16.5. The first kappa shape index (κ1) is 21.1. The summed E-state index contributed by atoms with van der Waals surface area (Å²) in [6, 6.07) is 17.3. The lowest BCUT2D eigenvalue weighted by Gasteiger charge is -2.12. The molecule has 1 heterocycles. The fourth-order valence-electron chi connectivity index (χ4n) is 3.30. The molecule has 0 saturated carbocycles. The Morgan fingerprint density at radius 2 is 1.97 bits per heavy atom. The van der Waals surface area contributed by atoms with Gasteiger partial charge in [0.25, 0.3) is 5.91 Å². The van der Waals surface area contributed by atoms with Gasteiger partial charge in [-0.2, -0.15) is 0 Å². The number of nitrogens with one attached hydrogen (secondary N) is 1. The molecule has 1 N–H and O–H groups in total. The van der Waals surface area contributed by atoms with Crippen molar-refractivity contribution in [2.24, 2.45) is 0 Å². The van der Waals surface area contributed by atoms with Crippen LogP contribution in [0, 0.1) is 0 Å². The first-order chi connectivity index (χ1) is 14.3. The zero-order valence-electron chi connectivity index (χ0n) is 16.9. The predicted molar refractivity (Wildman–Crippen MR) is 115 cm³/mol. The molecule has 3 rings (SSSR count). The minimum atomic E-state index is -0.110. The van der Waals surface area contributed by atoms with Crippen LogP contribution >= 0.6 is 0 Å². The largest absolute Gasteiger partial charge is 0.496 e. The lowest BCUT2D eigenvalue weighted by Crippen LogP contribution is -2.26. The third kappa shape index (κ3) is 6.44. The molecule has 0 aromatic heterocycles. The third-order valence-corrected chi connectivity index (χ3v) is 4.85. The Labute approximate surface area is 172 Å². The van der Waals surface area contributed by atoms with Crippen molar-refractivity contribution in [2.75, 3.05) is 33.5 Å². The van der Waals surface area contributed by atoms with Gasteiger partial charge in [0, 0.05) is 30.9 Å². The molecule has 5 nitrogen and oxygen atoms in total. The Hall–Kier alpha value is -2.63. The Bertz CT molecular complexity index is 798. The zero-order valence-corrected chi connectivity index (χ0v) is 16.9. The number of amides is 1. The molecule has 0 radical (unpaired) electrons. The second-order valence-corrected chi connectivity index (χ2v) is 6.99. The number of methoxy groups -OCH3 is 1. The monoisotopic (exact) mass is 395 g/mol. The standard InChI is InChI=1S/C24H29NO4/c1-27-23-13-6-5-11-20(23)17-22(19-9-3-2-4-10-19)24(26)25-14-8-15-28-18-21-12-7-16-29-21/h2-6,9-11,13,17,21H,7-8,12,14-16,18H2,1H3,(H,25,26)/b22-17+. The van der Waals surface area contributed by atoms with Gasteiger partial charge in [0.2, 0.25) is 0 Å². The van der Waals surface area contributed by atoms with E-state index in [1.165, 1.54) is 0 Å². The van der Waals surface area contributed by atoms with Crippen LogP contribution in [0.2, 0.25) is 0 Å². The summed E-state index contributed by atoms with van der Waals surface area (Å²) in [7, 11) is 1.63. The molecule has 0 bridgehead atoms. The van der Waals surface area contributed by atoms with Crippen LogP contribution in [0.4, 0.5) is 0 Å². The van der Waals surface area contributed by atoms with Crippen LogP contribution in [-0.4, -0.2) is 45.5 Å². The topological polar surface area (TPSA) is 56.8 Å². The van der Waals surface area contributed by atoms with Crippen molar-refractivity contribution in [1.29, 1.82) is 0 Å².